The molecule has 2 rings (SSSR count). The van der Waals surface area contributed by atoms with Gasteiger partial charge in [0.25, 0.3) is 0 Å². The van der Waals surface area contributed by atoms with Gasteiger partial charge in [-0.1, -0.05) is 115 Å². The zero-order chi connectivity index (χ0) is 16.9. The highest BCUT2D eigenvalue weighted by Crippen LogP contribution is 2.36. The third-order valence-corrected chi connectivity index (χ3v) is 5.91. The van der Waals surface area contributed by atoms with E-state index in [9.17, 15) is 0 Å². The topological polar surface area (TPSA) is 0 Å². The number of benzene rings is 1. The van der Waals surface area contributed by atoms with Gasteiger partial charge in [-0.2, -0.15) is 0 Å². The van der Waals surface area contributed by atoms with Crippen LogP contribution in [0.2, 0.25) is 0 Å². The first-order valence-corrected chi connectivity index (χ1v) is 11.0. The second-order valence-corrected chi connectivity index (χ2v) is 7.97. The van der Waals surface area contributed by atoms with E-state index in [1.165, 1.54) is 103 Å². The fourth-order valence-corrected chi connectivity index (χ4v) is 4.35. The Labute approximate surface area is 151 Å². The lowest BCUT2D eigenvalue weighted by molar-refractivity contribution is 0.517. The molecule has 0 aliphatic heterocycles. The Hall–Kier alpha value is -0.780. The highest BCUT2D eigenvalue weighted by Gasteiger charge is 2.20. The molecule has 1 aromatic carbocycles. The summed E-state index contributed by atoms with van der Waals surface area (Å²) < 4.78 is 0. The maximum absolute atomic E-state index is 2.37. The molecule has 0 fully saturated rings. The quantitative estimate of drug-likeness (QED) is 0.302. The summed E-state index contributed by atoms with van der Waals surface area (Å²) in [5, 5.41) is 0. The molecule has 0 radical (unpaired) electrons. The predicted molar refractivity (Wildman–Crippen MR) is 108 cm³/mol. The minimum atomic E-state index is 0.869. The fourth-order valence-electron chi connectivity index (χ4n) is 4.35. The molecule has 0 aromatic heterocycles. The number of aryl methyl sites for hydroxylation is 1. The van der Waals surface area contributed by atoms with E-state index in [2.05, 4.69) is 31.2 Å². The predicted octanol–water partition coefficient (Wildman–Crippen LogP) is 8.20. The van der Waals surface area contributed by atoms with Crippen LogP contribution in [-0.4, -0.2) is 0 Å². The summed E-state index contributed by atoms with van der Waals surface area (Å²) >= 11 is 0. The smallest absolute Gasteiger partial charge is 0.0156 e. The molecule has 0 N–H and O–H groups in total. The van der Waals surface area contributed by atoms with Crippen molar-refractivity contribution in [3.05, 3.63) is 35.4 Å². The molecule has 0 bridgehead atoms. The molecular formula is C24H40. The van der Waals surface area contributed by atoms with E-state index in [4.69, 9.17) is 0 Å². The zero-order valence-electron chi connectivity index (χ0n) is 16.2. The third-order valence-electron chi connectivity index (χ3n) is 5.91. The van der Waals surface area contributed by atoms with Crippen molar-refractivity contribution in [3.63, 3.8) is 0 Å². The van der Waals surface area contributed by atoms with Crippen LogP contribution >= 0.6 is 0 Å². The summed E-state index contributed by atoms with van der Waals surface area (Å²) in [5.74, 6) is 0.869. The molecule has 0 spiro atoms. The van der Waals surface area contributed by atoms with Crippen LogP contribution in [0.15, 0.2) is 24.3 Å². The molecule has 24 heavy (non-hydrogen) atoms. The van der Waals surface area contributed by atoms with Crippen LogP contribution in [-0.2, 0) is 6.42 Å². The summed E-state index contributed by atoms with van der Waals surface area (Å²) in [5.41, 5.74) is 3.29. The fraction of sp³-hybridized carbons (Fsp3) is 0.750. The number of hydrogen-bond donors (Lipinski definition) is 0. The molecule has 1 aromatic rings. The van der Waals surface area contributed by atoms with Crippen molar-refractivity contribution < 1.29 is 0 Å². The van der Waals surface area contributed by atoms with Crippen LogP contribution in [0.1, 0.15) is 120 Å². The monoisotopic (exact) mass is 328 g/mol. The van der Waals surface area contributed by atoms with E-state index in [1.807, 2.05) is 0 Å². The SMILES string of the molecule is CCCCCCCCCCCCCCCC1CCc2ccccc21. The number of fused-ring (bicyclic) bond motifs is 1. The van der Waals surface area contributed by atoms with Gasteiger partial charge in [0, 0.05) is 0 Å². The van der Waals surface area contributed by atoms with Gasteiger partial charge in [0.05, 0.1) is 0 Å². The third kappa shape index (κ3) is 7.41. The van der Waals surface area contributed by atoms with Crippen molar-refractivity contribution >= 4 is 0 Å². The van der Waals surface area contributed by atoms with Crippen LogP contribution in [0.5, 0.6) is 0 Å². The Morgan fingerprint density at radius 2 is 1.25 bits per heavy atom. The largest absolute Gasteiger partial charge is 0.0654 e. The van der Waals surface area contributed by atoms with E-state index >= 15 is 0 Å². The van der Waals surface area contributed by atoms with Crippen molar-refractivity contribution in [2.24, 2.45) is 0 Å². The van der Waals surface area contributed by atoms with Crippen LogP contribution < -0.4 is 0 Å². The maximum atomic E-state index is 2.37. The second kappa shape index (κ2) is 12.6. The average Bonchev–Trinajstić information content (AvgIpc) is 3.02. The van der Waals surface area contributed by atoms with Gasteiger partial charge < -0.3 is 0 Å². The summed E-state index contributed by atoms with van der Waals surface area (Å²) in [7, 11) is 0. The van der Waals surface area contributed by atoms with Gasteiger partial charge in [-0.25, -0.2) is 0 Å². The Morgan fingerprint density at radius 3 is 1.88 bits per heavy atom. The maximum Gasteiger partial charge on any atom is -0.0156 e. The first-order chi connectivity index (χ1) is 11.9. The summed E-state index contributed by atoms with van der Waals surface area (Å²) in [6.07, 6.45) is 23.1. The van der Waals surface area contributed by atoms with Crippen molar-refractivity contribution in [1.82, 2.24) is 0 Å². The summed E-state index contributed by atoms with van der Waals surface area (Å²) in [6.45, 7) is 2.30. The lowest BCUT2D eigenvalue weighted by atomic mass is 9.94. The Kier molecular flexibility index (Phi) is 10.2. The van der Waals surface area contributed by atoms with Gasteiger partial charge in [-0.15, -0.1) is 0 Å². The standard InChI is InChI=1S/C24H40/c1-2-3-4-5-6-7-8-9-10-11-12-13-14-17-22-20-21-23-18-15-16-19-24(22)23/h15-16,18-19,22H,2-14,17,20-21H2,1H3. The van der Waals surface area contributed by atoms with Gasteiger partial charge in [-0.05, 0) is 36.3 Å². The van der Waals surface area contributed by atoms with Crippen LogP contribution in [0.4, 0.5) is 0 Å². The van der Waals surface area contributed by atoms with Gasteiger partial charge >= 0.3 is 0 Å². The van der Waals surface area contributed by atoms with Gasteiger partial charge in [0.15, 0.2) is 0 Å². The second-order valence-electron chi connectivity index (χ2n) is 7.97. The van der Waals surface area contributed by atoms with Crippen LogP contribution in [0, 0.1) is 0 Å². The van der Waals surface area contributed by atoms with E-state index < -0.39 is 0 Å². The lowest BCUT2D eigenvalue weighted by Crippen LogP contribution is -1.93. The van der Waals surface area contributed by atoms with Crippen molar-refractivity contribution in [2.75, 3.05) is 0 Å². The molecule has 0 nitrogen and oxygen atoms in total. The molecule has 1 atom stereocenters. The lowest BCUT2D eigenvalue weighted by Gasteiger charge is -2.11. The molecular weight excluding hydrogens is 288 g/mol. The molecule has 1 aliphatic carbocycles. The normalized spacial score (nSPS) is 16.5. The molecule has 0 heteroatoms. The highest BCUT2D eigenvalue weighted by molar-refractivity contribution is 5.34. The van der Waals surface area contributed by atoms with E-state index in [0.29, 0.717) is 0 Å². The van der Waals surface area contributed by atoms with E-state index in [-0.39, 0.29) is 0 Å². The molecule has 1 unspecified atom stereocenters. The molecule has 0 amide bonds. The van der Waals surface area contributed by atoms with Crippen molar-refractivity contribution in [2.45, 2.75) is 116 Å². The van der Waals surface area contributed by atoms with Crippen LogP contribution in [0.25, 0.3) is 0 Å². The Balaban J connectivity index is 1.36. The van der Waals surface area contributed by atoms with E-state index in [0.717, 1.165) is 5.92 Å². The molecule has 1 aliphatic rings. The summed E-state index contributed by atoms with van der Waals surface area (Å²) in [4.78, 5) is 0. The highest BCUT2D eigenvalue weighted by atomic mass is 14.3. The number of hydrogen-bond acceptors (Lipinski definition) is 0. The Morgan fingerprint density at radius 1 is 0.708 bits per heavy atom. The molecule has 0 saturated carbocycles. The average molecular weight is 329 g/mol. The van der Waals surface area contributed by atoms with Crippen molar-refractivity contribution in [1.29, 1.82) is 0 Å². The van der Waals surface area contributed by atoms with E-state index in [1.54, 1.807) is 11.1 Å². The first kappa shape index (κ1) is 19.5. The zero-order valence-corrected chi connectivity index (χ0v) is 16.2. The molecule has 0 saturated heterocycles. The number of rotatable bonds is 14. The molecule has 0 heterocycles. The van der Waals surface area contributed by atoms with Gasteiger partial charge in [-0.3, -0.25) is 0 Å². The molecule has 136 valence electrons. The van der Waals surface area contributed by atoms with Crippen LogP contribution in [0.3, 0.4) is 0 Å². The minimum absolute atomic E-state index is 0.869. The van der Waals surface area contributed by atoms with Gasteiger partial charge in [0.2, 0.25) is 0 Å². The minimum Gasteiger partial charge on any atom is -0.0654 e. The summed E-state index contributed by atoms with van der Waals surface area (Å²) in [6, 6.07) is 9.13. The van der Waals surface area contributed by atoms with Gasteiger partial charge in [0.1, 0.15) is 0 Å². The first-order valence-electron chi connectivity index (χ1n) is 11.0. The number of unbranched alkanes of at least 4 members (excludes halogenated alkanes) is 12. The Bertz CT molecular complexity index is 420. The van der Waals surface area contributed by atoms with Crippen molar-refractivity contribution in [3.8, 4) is 0 Å².